The summed E-state index contributed by atoms with van der Waals surface area (Å²) in [4.78, 5) is 27.5. The molecule has 1 heterocycles. The van der Waals surface area contributed by atoms with Crippen LogP contribution in [-0.4, -0.2) is 37.5 Å². The first-order chi connectivity index (χ1) is 18.4. The Labute approximate surface area is 222 Å². The predicted molar refractivity (Wildman–Crippen MR) is 143 cm³/mol. The van der Waals surface area contributed by atoms with Crippen LogP contribution in [0.3, 0.4) is 0 Å². The number of carbonyl (C=O) groups is 2. The van der Waals surface area contributed by atoms with E-state index in [1.165, 1.54) is 0 Å². The van der Waals surface area contributed by atoms with E-state index in [0.717, 1.165) is 21.8 Å². The first-order valence-electron chi connectivity index (χ1n) is 12.1. The van der Waals surface area contributed by atoms with Crippen LogP contribution < -0.4 is 14.2 Å². The molecule has 1 aliphatic heterocycles. The SMILES string of the molecule is COc1ccc(CCN2C(=O)C(C#N)=C(C)/C(=C\c3ccc(OCc4ccccc4)c(OC)c3)C2=O)cc1. The normalized spacial score (nSPS) is 14.5. The molecular weight excluding hydrogens is 480 g/mol. The molecule has 7 heteroatoms. The number of nitrogens with zero attached hydrogens (tertiary/aromatic N) is 2. The third-order valence-electron chi connectivity index (χ3n) is 6.34. The van der Waals surface area contributed by atoms with Crippen molar-refractivity contribution >= 4 is 17.9 Å². The lowest BCUT2D eigenvalue weighted by molar-refractivity contribution is -0.140. The molecule has 0 atom stereocenters. The van der Waals surface area contributed by atoms with Crippen LogP contribution in [0.2, 0.25) is 0 Å². The summed E-state index contributed by atoms with van der Waals surface area (Å²) in [5.41, 5.74) is 3.25. The van der Waals surface area contributed by atoms with Gasteiger partial charge >= 0.3 is 0 Å². The highest BCUT2D eigenvalue weighted by atomic mass is 16.5. The van der Waals surface area contributed by atoms with E-state index in [2.05, 4.69) is 0 Å². The van der Waals surface area contributed by atoms with E-state index in [-0.39, 0.29) is 17.7 Å². The molecule has 0 aliphatic carbocycles. The number of ether oxygens (including phenoxy) is 3. The second-order valence-corrected chi connectivity index (χ2v) is 8.71. The van der Waals surface area contributed by atoms with Crippen LogP contribution in [0, 0.1) is 11.3 Å². The molecule has 4 rings (SSSR count). The Balaban J connectivity index is 1.58. The molecule has 0 spiro atoms. The Bertz CT molecular complexity index is 1430. The lowest BCUT2D eigenvalue weighted by Gasteiger charge is -2.27. The van der Waals surface area contributed by atoms with Crippen molar-refractivity contribution in [2.45, 2.75) is 20.0 Å². The summed E-state index contributed by atoms with van der Waals surface area (Å²) in [6, 6.07) is 24.5. The van der Waals surface area contributed by atoms with Crippen LogP contribution in [0.15, 0.2) is 89.5 Å². The Kier molecular flexibility index (Phi) is 8.24. The smallest absolute Gasteiger partial charge is 0.271 e. The van der Waals surface area contributed by atoms with E-state index >= 15 is 0 Å². The van der Waals surface area contributed by atoms with Gasteiger partial charge in [0, 0.05) is 12.1 Å². The van der Waals surface area contributed by atoms with Gasteiger partial charge in [0.2, 0.25) is 0 Å². The molecule has 0 bridgehead atoms. The van der Waals surface area contributed by atoms with Gasteiger partial charge in [0.15, 0.2) is 11.5 Å². The molecule has 38 heavy (non-hydrogen) atoms. The largest absolute Gasteiger partial charge is 0.497 e. The van der Waals surface area contributed by atoms with Crippen molar-refractivity contribution in [1.29, 1.82) is 5.26 Å². The van der Waals surface area contributed by atoms with Gasteiger partial charge in [0.25, 0.3) is 11.8 Å². The van der Waals surface area contributed by atoms with Crippen LogP contribution in [0.4, 0.5) is 0 Å². The van der Waals surface area contributed by atoms with Crippen molar-refractivity contribution < 1.29 is 23.8 Å². The van der Waals surface area contributed by atoms with E-state index in [4.69, 9.17) is 14.2 Å². The summed E-state index contributed by atoms with van der Waals surface area (Å²) in [5, 5.41) is 9.69. The Morgan fingerprint density at radius 3 is 2.26 bits per heavy atom. The number of amides is 2. The first-order valence-corrected chi connectivity index (χ1v) is 12.1. The molecule has 0 saturated carbocycles. The number of nitriles is 1. The fourth-order valence-corrected chi connectivity index (χ4v) is 4.16. The predicted octanol–water partition coefficient (Wildman–Crippen LogP) is 5.12. The fourth-order valence-electron chi connectivity index (χ4n) is 4.16. The molecule has 1 aliphatic rings. The van der Waals surface area contributed by atoms with Crippen molar-refractivity contribution in [1.82, 2.24) is 4.90 Å². The van der Waals surface area contributed by atoms with Gasteiger partial charge in [-0.05, 0) is 65.9 Å². The van der Waals surface area contributed by atoms with Crippen LogP contribution in [0.25, 0.3) is 6.08 Å². The van der Waals surface area contributed by atoms with Crippen molar-refractivity contribution in [2.24, 2.45) is 0 Å². The van der Waals surface area contributed by atoms with Crippen LogP contribution in [-0.2, 0) is 22.6 Å². The molecule has 0 unspecified atom stereocenters. The second kappa shape index (κ2) is 11.9. The Morgan fingerprint density at radius 1 is 0.868 bits per heavy atom. The Hall–Kier alpha value is -4.83. The number of carbonyl (C=O) groups excluding carboxylic acids is 2. The Morgan fingerprint density at radius 2 is 1.61 bits per heavy atom. The molecular formula is C31H28N2O5. The van der Waals surface area contributed by atoms with Gasteiger partial charge < -0.3 is 14.2 Å². The monoisotopic (exact) mass is 508 g/mol. The fraction of sp³-hybridized carbons (Fsp3) is 0.194. The number of methoxy groups -OCH3 is 2. The molecule has 3 aromatic carbocycles. The zero-order chi connectivity index (χ0) is 27.1. The average Bonchev–Trinajstić information content (AvgIpc) is 2.95. The molecule has 0 saturated heterocycles. The highest BCUT2D eigenvalue weighted by Crippen LogP contribution is 2.32. The minimum atomic E-state index is -0.581. The summed E-state index contributed by atoms with van der Waals surface area (Å²) in [6.45, 7) is 2.15. The zero-order valence-electron chi connectivity index (χ0n) is 21.6. The van der Waals surface area contributed by atoms with Gasteiger partial charge in [0.05, 0.1) is 14.2 Å². The molecule has 192 valence electrons. The lowest BCUT2D eigenvalue weighted by Crippen LogP contribution is -2.43. The van der Waals surface area contributed by atoms with E-state index in [1.54, 1.807) is 45.4 Å². The molecule has 2 amide bonds. The summed E-state index contributed by atoms with van der Waals surface area (Å²) < 4.78 is 16.6. The lowest BCUT2D eigenvalue weighted by atomic mass is 9.93. The number of hydrogen-bond acceptors (Lipinski definition) is 6. The van der Waals surface area contributed by atoms with E-state index in [9.17, 15) is 14.9 Å². The van der Waals surface area contributed by atoms with Crippen molar-refractivity contribution in [2.75, 3.05) is 20.8 Å². The second-order valence-electron chi connectivity index (χ2n) is 8.71. The summed E-state index contributed by atoms with van der Waals surface area (Å²) in [7, 11) is 3.14. The van der Waals surface area contributed by atoms with Crippen LogP contribution >= 0.6 is 0 Å². The van der Waals surface area contributed by atoms with Gasteiger partial charge in [-0.15, -0.1) is 0 Å². The van der Waals surface area contributed by atoms with Gasteiger partial charge in [0.1, 0.15) is 24.0 Å². The summed E-state index contributed by atoms with van der Waals surface area (Å²) in [5.74, 6) is 0.774. The summed E-state index contributed by atoms with van der Waals surface area (Å²) >= 11 is 0. The van der Waals surface area contributed by atoms with Gasteiger partial charge in [-0.2, -0.15) is 5.26 Å². The van der Waals surface area contributed by atoms with Crippen molar-refractivity contribution in [3.8, 4) is 23.3 Å². The molecule has 0 N–H and O–H groups in total. The van der Waals surface area contributed by atoms with Crippen molar-refractivity contribution in [3.05, 3.63) is 106 Å². The third kappa shape index (κ3) is 5.76. The highest BCUT2D eigenvalue weighted by Gasteiger charge is 2.35. The minimum Gasteiger partial charge on any atom is -0.497 e. The summed E-state index contributed by atoms with van der Waals surface area (Å²) in [6.07, 6.45) is 2.12. The van der Waals surface area contributed by atoms with E-state index in [1.807, 2.05) is 60.7 Å². The molecule has 0 radical (unpaired) electrons. The van der Waals surface area contributed by atoms with E-state index in [0.29, 0.717) is 35.7 Å². The van der Waals surface area contributed by atoms with Gasteiger partial charge in [-0.3, -0.25) is 14.5 Å². The highest BCUT2D eigenvalue weighted by molar-refractivity contribution is 6.19. The maximum atomic E-state index is 13.4. The number of rotatable bonds is 9. The topological polar surface area (TPSA) is 88.9 Å². The molecule has 7 nitrogen and oxygen atoms in total. The number of imide groups is 1. The number of hydrogen-bond donors (Lipinski definition) is 0. The molecule has 0 fully saturated rings. The molecule has 0 aromatic heterocycles. The van der Waals surface area contributed by atoms with Crippen LogP contribution in [0.1, 0.15) is 23.6 Å². The molecule has 3 aromatic rings. The third-order valence-corrected chi connectivity index (χ3v) is 6.34. The van der Waals surface area contributed by atoms with Crippen LogP contribution in [0.5, 0.6) is 17.2 Å². The standard InChI is InChI=1S/C31H28N2O5/c1-21-26(17-24-11-14-28(29(18-24)37-3)38-20-23-7-5-4-6-8-23)30(34)33(31(35)27(21)19-32)16-15-22-9-12-25(36-2)13-10-22/h4-14,17-18H,15-16,20H2,1-3H3/b26-17+. The zero-order valence-corrected chi connectivity index (χ0v) is 21.6. The maximum Gasteiger partial charge on any atom is 0.271 e. The minimum absolute atomic E-state index is 0.0413. The van der Waals surface area contributed by atoms with E-state index < -0.39 is 11.8 Å². The van der Waals surface area contributed by atoms with Gasteiger partial charge in [-0.1, -0.05) is 48.5 Å². The quantitative estimate of drug-likeness (QED) is 0.295. The maximum absolute atomic E-state index is 13.4. The number of benzene rings is 3. The van der Waals surface area contributed by atoms with Crippen molar-refractivity contribution in [3.63, 3.8) is 0 Å². The average molecular weight is 509 g/mol. The van der Waals surface area contributed by atoms with Gasteiger partial charge in [-0.25, -0.2) is 0 Å². The first kappa shape index (κ1) is 26.2.